The van der Waals surface area contributed by atoms with Crippen LogP contribution in [0.4, 0.5) is 0 Å². The molecule has 0 radical (unpaired) electrons. The molecule has 0 bridgehead atoms. The lowest BCUT2D eigenvalue weighted by Crippen LogP contribution is -2.26. The molecule has 10 aromatic rings. The summed E-state index contributed by atoms with van der Waals surface area (Å²) >= 11 is 0. The van der Waals surface area contributed by atoms with Gasteiger partial charge in [0.25, 0.3) is 0 Å². The Labute approximate surface area is 383 Å². The van der Waals surface area contributed by atoms with Crippen LogP contribution in [0.2, 0.25) is 0 Å². The SMILES string of the molecule is CC1(C)c2ccccc2-c2ccc(-c3nc(-c4ccccc4)nc(-c4cc(-c5ccncc5)cc(-c5ccc6c(c5)C5(c7ccccc7-c7ccccc75)c5cc(C#N)ccc5-6)c4)n3)cc21. The van der Waals surface area contributed by atoms with E-state index in [2.05, 4.69) is 189 Å². The Morgan fingerprint density at radius 2 is 0.818 bits per heavy atom. The molecule has 8 aromatic carbocycles. The van der Waals surface area contributed by atoms with Gasteiger partial charge >= 0.3 is 0 Å². The van der Waals surface area contributed by atoms with E-state index < -0.39 is 5.41 Å². The quantitative estimate of drug-likeness (QED) is 0.173. The van der Waals surface area contributed by atoms with Crippen molar-refractivity contribution in [3.05, 3.63) is 239 Å². The number of aromatic nitrogens is 4. The van der Waals surface area contributed by atoms with Crippen LogP contribution in [0.3, 0.4) is 0 Å². The van der Waals surface area contributed by atoms with Crippen molar-refractivity contribution < 1.29 is 0 Å². The summed E-state index contributed by atoms with van der Waals surface area (Å²) in [6, 6.07) is 69.4. The molecule has 308 valence electrons. The monoisotopic (exact) mass is 841 g/mol. The third kappa shape index (κ3) is 5.46. The second kappa shape index (κ2) is 14.2. The van der Waals surface area contributed by atoms with Crippen molar-refractivity contribution in [3.63, 3.8) is 0 Å². The van der Waals surface area contributed by atoms with E-state index in [1.165, 1.54) is 55.6 Å². The topological polar surface area (TPSA) is 75.3 Å². The molecule has 0 atom stereocenters. The van der Waals surface area contributed by atoms with Crippen LogP contribution >= 0.6 is 0 Å². The minimum atomic E-state index is -0.605. The van der Waals surface area contributed by atoms with E-state index in [-0.39, 0.29) is 5.41 Å². The second-order valence-electron chi connectivity index (χ2n) is 18.1. The van der Waals surface area contributed by atoms with Crippen molar-refractivity contribution in [2.75, 3.05) is 0 Å². The molecule has 13 rings (SSSR count). The maximum absolute atomic E-state index is 10.2. The Kier molecular flexibility index (Phi) is 8.16. The van der Waals surface area contributed by atoms with E-state index in [4.69, 9.17) is 15.0 Å². The number of hydrogen-bond acceptors (Lipinski definition) is 5. The zero-order valence-corrected chi connectivity index (χ0v) is 36.3. The third-order valence-corrected chi connectivity index (χ3v) is 14.3. The lowest BCUT2D eigenvalue weighted by atomic mass is 9.70. The summed E-state index contributed by atoms with van der Waals surface area (Å²) in [6.45, 7) is 4.60. The minimum absolute atomic E-state index is 0.176. The van der Waals surface area contributed by atoms with E-state index in [1.54, 1.807) is 0 Å². The molecule has 0 unspecified atom stereocenters. The van der Waals surface area contributed by atoms with Gasteiger partial charge in [0.1, 0.15) is 0 Å². The summed E-state index contributed by atoms with van der Waals surface area (Å²) in [7, 11) is 0. The smallest absolute Gasteiger partial charge is 0.164 e. The first-order valence-corrected chi connectivity index (χ1v) is 22.4. The molecule has 0 aliphatic heterocycles. The summed E-state index contributed by atoms with van der Waals surface area (Å²) in [5.41, 5.74) is 21.5. The number of rotatable bonds is 5. The lowest BCUT2D eigenvalue weighted by molar-refractivity contribution is 0.660. The van der Waals surface area contributed by atoms with Crippen LogP contribution in [0, 0.1) is 11.3 Å². The van der Waals surface area contributed by atoms with E-state index in [9.17, 15) is 5.26 Å². The molecule has 2 heterocycles. The predicted molar refractivity (Wildman–Crippen MR) is 263 cm³/mol. The van der Waals surface area contributed by atoms with Gasteiger partial charge in [-0.05, 0) is 144 Å². The zero-order valence-electron chi connectivity index (χ0n) is 36.3. The fraction of sp³-hybridized carbons (Fsp3) is 0.0656. The maximum atomic E-state index is 10.2. The molecule has 0 N–H and O–H groups in total. The second-order valence-corrected chi connectivity index (χ2v) is 18.1. The molecule has 5 heteroatoms. The Hall–Kier alpha value is -8.59. The van der Waals surface area contributed by atoms with E-state index in [0.717, 1.165) is 50.1 Å². The molecule has 0 amide bonds. The van der Waals surface area contributed by atoms with Crippen LogP contribution in [0.1, 0.15) is 52.8 Å². The number of nitriles is 1. The van der Waals surface area contributed by atoms with Crippen LogP contribution < -0.4 is 0 Å². The van der Waals surface area contributed by atoms with Gasteiger partial charge in [0.15, 0.2) is 17.5 Å². The number of fused-ring (bicyclic) bond motifs is 13. The van der Waals surface area contributed by atoms with Gasteiger partial charge in [-0.3, -0.25) is 4.98 Å². The largest absolute Gasteiger partial charge is 0.265 e. The Bertz CT molecular complexity index is 3650. The van der Waals surface area contributed by atoms with Crippen molar-refractivity contribution >= 4 is 0 Å². The highest BCUT2D eigenvalue weighted by atomic mass is 15.0. The van der Waals surface area contributed by atoms with Gasteiger partial charge in [-0.2, -0.15) is 5.26 Å². The summed E-state index contributed by atoms with van der Waals surface area (Å²) < 4.78 is 0. The average Bonchev–Trinajstić information content (AvgIpc) is 3.94. The van der Waals surface area contributed by atoms with Crippen LogP contribution in [-0.4, -0.2) is 19.9 Å². The van der Waals surface area contributed by atoms with Gasteiger partial charge in [0.2, 0.25) is 0 Å². The van der Waals surface area contributed by atoms with Gasteiger partial charge < -0.3 is 0 Å². The standard InChI is InChI=1S/C61H39N5/c1-60(2)51-17-9-6-14-45(51)48-25-22-41(35-54(48)60)58-64-57(39-12-4-3-5-13-39)65-59(66-58)44-32-42(38-26-28-63-29-27-38)31-43(33-44)40-21-24-50-49-23-20-37(36-62)30-55(49)61(56(50)34-40)52-18-10-7-15-46(52)47-16-8-11-19-53(47)61/h3-35H,1-2H3. The highest BCUT2D eigenvalue weighted by molar-refractivity contribution is 5.96. The van der Waals surface area contributed by atoms with Crippen molar-refractivity contribution in [2.24, 2.45) is 0 Å². The lowest BCUT2D eigenvalue weighted by Gasteiger charge is -2.30. The Morgan fingerprint density at radius 3 is 1.48 bits per heavy atom. The first kappa shape index (κ1) is 37.9. The summed E-state index contributed by atoms with van der Waals surface area (Å²) in [5, 5.41) is 10.2. The Morgan fingerprint density at radius 1 is 0.348 bits per heavy atom. The molecule has 2 aromatic heterocycles. The third-order valence-electron chi connectivity index (χ3n) is 14.3. The number of benzene rings is 8. The number of pyridine rings is 1. The van der Waals surface area contributed by atoms with Gasteiger partial charge in [-0.25, -0.2) is 15.0 Å². The number of nitrogens with zero attached hydrogens (tertiary/aromatic N) is 5. The van der Waals surface area contributed by atoms with Crippen molar-refractivity contribution in [1.29, 1.82) is 5.26 Å². The molecular weight excluding hydrogens is 803 g/mol. The molecule has 3 aliphatic carbocycles. The van der Waals surface area contributed by atoms with Crippen LogP contribution in [0.5, 0.6) is 0 Å². The van der Waals surface area contributed by atoms with Crippen LogP contribution in [0.25, 0.3) is 89.8 Å². The maximum Gasteiger partial charge on any atom is 0.164 e. The summed E-state index contributed by atoms with van der Waals surface area (Å²) in [5.74, 6) is 1.82. The fourth-order valence-electron chi connectivity index (χ4n) is 11.2. The van der Waals surface area contributed by atoms with Gasteiger partial charge in [0, 0.05) is 34.5 Å². The molecule has 3 aliphatic rings. The molecule has 66 heavy (non-hydrogen) atoms. The van der Waals surface area contributed by atoms with E-state index >= 15 is 0 Å². The highest BCUT2D eigenvalue weighted by Crippen LogP contribution is 2.63. The molecule has 0 saturated heterocycles. The van der Waals surface area contributed by atoms with Crippen molar-refractivity contribution in [3.8, 4) is 95.9 Å². The highest BCUT2D eigenvalue weighted by Gasteiger charge is 2.51. The normalized spacial score (nSPS) is 13.8. The molecule has 0 fully saturated rings. The predicted octanol–water partition coefficient (Wildman–Crippen LogP) is 14.1. The molecule has 0 saturated carbocycles. The van der Waals surface area contributed by atoms with Crippen LogP contribution in [-0.2, 0) is 10.8 Å². The van der Waals surface area contributed by atoms with Crippen LogP contribution in [0.15, 0.2) is 200 Å². The Balaban J connectivity index is 1.03. The fourth-order valence-corrected chi connectivity index (χ4v) is 11.2. The van der Waals surface area contributed by atoms with Gasteiger partial charge in [0.05, 0.1) is 17.0 Å². The number of hydrogen-bond donors (Lipinski definition) is 0. The van der Waals surface area contributed by atoms with Gasteiger partial charge in [-0.15, -0.1) is 0 Å². The molecule has 1 spiro atoms. The van der Waals surface area contributed by atoms with Crippen molar-refractivity contribution in [2.45, 2.75) is 24.7 Å². The molecule has 5 nitrogen and oxygen atoms in total. The van der Waals surface area contributed by atoms with Crippen molar-refractivity contribution in [1.82, 2.24) is 19.9 Å². The van der Waals surface area contributed by atoms with E-state index in [0.29, 0.717) is 23.0 Å². The van der Waals surface area contributed by atoms with Gasteiger partial charge in [-0.1, -0.05) is 147 Å². The average molecular weight is 842 g/mol. The summed E-state index contributed by atoms with van der Waals surface area (Å²) in [4.78, 5) is 20.1. The first-order chi connectivity index (χ1) is 32.4. The van der Waals surface area contributed by atoms with E-state index in [1.807, 2.05) is 36.7 Å². The zero-order chi connectivity index (χ0) is 44.1. The summed E-state index contributed by atoms with van der Waals surface area (Å²) in [6.07, 6.45) is 3.68. The molecular formula is C61H39N5. The minimum Gasteiger partial charge on any atom is -0.265 e. The first-order valence-electron chi connectivity index (χ1n) is 22.4.